The molecule has 2 N–H and O–H groups in total. The third kappa shape index (κ3) is 6.88. The van der Waals surface area contributed by atoms with E-state index < -0.39 is 5.97 Å². The number of carbonyl (C=O) groups is 2. The Hall–Kier alpha value is -1.79. The number of hydrogen-bond acceptors (Lipinski definition) is 5. The maximum atomic E-state index is 12.0. The van der Waals surface area contributed by atoms with Crippen molar-refractivity contribution in [3.63, 3.8) is 0 Å². The Kier molecular flexibility index (Phi) is 8.43. The smallest absolute Gasteiger partial charge is 0.343 e. The molecule has 0 bridgehead atoms. The summed E-state index contributed by atoms with van der Waals surface area (Å²) in [6.45, 7) is 1.85. The molecule has 7 heteroatoms. The highest BCUT2D eigenvalue weighted by molar-refractivity contribution is 5.90. The number of piperidine rings is 1. The second-order valence-corrected chi connectivity index (χ2v) is 5.33. The minimum absolute atomic E-state index is 0. The Morgan fingerprint density at radius 2 is 1.87 bits per heavy atom. The minimum Gasteiger partial charge on any atom is -0.482 e. The summed E-state index contributed by atoms with van der Waals surface area (Å²) in [5.74, 6) is 0.625. The van der Waals surface area contributed by atoms with Crippen LogP contribution in [0.3, 0.4) is 0 Å². The van der Waals surface area contributed by atoms with Gasteiger partial charge in [-0.25, -0.2) is 4.79 Å². The van der Waals surface area contributed by atoms with E-state index in [1.54, 1.807) is 24.3 Å². The normalized spacial score (nSPS) is 14.5. The Bertz CT molecular complexity index is 501. The number of halogens is 1. The third-order valence-electron chi connectivity index (χ3n) is 3.66. The lowest BCUT2D eigenvalue weighted by Crippen LogP contribution is -2.30. The number of methoxy groups -OCH3 is 1. The van der Waals surface area contributed by atoms with Gasteiger partial charge in [-0.3, -0.25) is 4.79 Å². The number of ether oxygens (including phenoxy) is 2. The molecule has 6 nitrogen and oxygen atoms in total. The number of rotatable bonds is 6. The molecule has 0 atom stereocenters. The standard InChI is InChI=1S/C16H22N2O4.ClH/c1-21-16(20)11-22-14-4-2-13(3-5-14)18-15(19)10-12-6-8-17-9-7-12;/h2-5,12,17H,6-11H2,1H3,(H,18,19);1H. The van der Waals surface area contributed by atoms with E-state index in [2.05, 4.69) is 15.4 Å². The molecule has 0 saturated carbocycles. The molecule has 1 heterocycles. The fourth-order valence-electron chi connectivity index (χ4n) is 2.40. The molecule has 1 aromatic carbocycles. The topological polar surface area (TPSA) is 76.7 Å². The van der Waals surface area contributed by atoms with E-state index in [4.69, 9.17) is 4.74 Å². The summed E-state index contributed by atoms with van der Waals surface area (Å²) >= 11 is 0. The van der Waals surface area contributed by atoms with Gasteiger partial charge in [0.2, 0.25) is 5.91 Å². The van der Waals surface area contributed by atoms with Crippen molar-refractivity contribution in [1.82, 2.24) is 5.32 Å². The molecule has 1 aliphatic heterocycles. The first-order valence-electron chi connectivity index (χ1n) is 7.47. The molecule has 0 unspecified atom stereocenters. The van der Waals surface area contributed by atoms with Crippen LogP contribution in [-0.2, 0) is 14.3 Å². The van der Waals surface area contributed by atoms with Gasteiger partial charge in [0, 0.05) is 12.1 Å². The second-order valence-electron chi connectivity index (χ2n) is 5.33. The van der Waals surface area contributed by atoms with Crippen molar-refractivity contribution in [3.8, 4) is 5.75 Å². The Balaban J connectivity index is 0.00000264. The number of nitrogens with one attached hydrogen (secondary N) is 2. The summed E-state index contributed by atoms with van der Waals surface area (Å²) in [6.07, 6.45) is 2.66. The van der Waals surface area contributed by atoms with Gasteiger partial charge in [0.05, 0.1) is 7.11 Å². The fourth-order valence-corrected chi connectivity index (χ4v) is 2.40. The van der Waals surface area contributed by atoms with Crippen molar-refractivity contribution in [1.29, 1.82) is 0 Å². The first-order valence-corrected chi connectivity index (χ1v) is 7.47. The molecule has 0 radical (unpaired) electrons. The van der Waals surface area contributed by atoms with Crippen LogP contribution in [0.25, 0.3) is 0 Å². The summed E-state index contributed by atoms with van der Waals surface area (Å²) in [5, 5.41) is 6.18. The predicted molar refractivity (Wildman–Crippen MR) is 90.0 cm³/mol. The molecule has 23 heavy (non-hydrogen) atoms. The van der Waals surface area contributed by atoms with E-state index in [-0.39, 0.29) is 24.9 Å². The zero-order valence-electron chi connectivity index (χ0n) is 13.2. The van der Waals surface area contributed by atoms with E-state index in [9.17, 15) is 9.59 Å². The lowest BCUT2D eigenvalue weighted by molar-refractivity contribution is -0.142. The molecule has 1 amide bonds. The van der Waals surface area contributed by atoms with Crippen LogP contribution in [0.4, 0.5) is 5.69 Å². The quantitative estimate of drug-likeness (QED) is 0.773. The maximum Gasteiger partial charge on any atom is 0.343 e. The average Bonchev–Trinajstić information content (AvgIpc) is 2.54. The molecule has 0 spiro atoms. The van der Waals surface area contributed by atoms with Crippen LogP contribution in [0.5, 0.6) is 5.75 Å². The number of benzene rings is 1. The van der Waals surface area contributed by atoms with Crippen LogP contribution in [-0.4, -0.2) is 38.7 Å². The van der Waals surface area contributed by atoms with Gasteiger partial charge in [-0.15, -0.1) is 12.4 Å². The summed E-state index contributed by atoms with van der Waals surface area (Å²) in [7, 11) is 1.31. The van der Waals surface area contributed by atoms with Crippen molar-refractivity contribution in [2.45, 2.75) is 19.3 Å². The summed E-state index contributed by atoms with van der Waals surface area (Å²) in [4.78, 5) is 23.0. The molecular weight excluding hydrogens is 320 g/mol. The molecule has 0 aliphatic carbocycles. The average molecular weight is 343 g/mol. The molecule has 1 aliphatic rings. The van der Waals surface area contributed by atoms with Gasteiger partial charge in [-0.2, -0.15) is 0 Å². The summed E-state index contributed by atoms with van der Waals surface area (Å²) < 4.78 is 9.74. The zero-order valence-corrected chi connectivity index (χ0v) is 14.0. The number of hydrogen-bond donors (Lipinski definition) is 2. The SMILES string of the molecule is COC(=O)COc1ccc(NC(=O)CC2CCNCC2)cc1.Cl. The molecule has 1 fully saturated rings. The van der Waals surface area contributed by atoms with Gasteiger partial charge in [-0.05, 0) is 56.1 Å². The van der Waals surface area contributed by atoms with Crippen molar-refractivity contribution >= 4 is 30.0 Å². The number of amides is 1. The van der Waals surface area contributed by atoms with Gasteiger partial charge in [0.15, 0.2) is 6.61 Å². The fraction of sp³-hybridized carbons (Fsp3) is 0.500. The Morgan fingerprint density at radius 1 is 1.22 bits per heavy atom. The van der Waals surface area contributed by atoms with Gasteiger partial charge >= 0.3 is 5.97 Å². The largest absolute Gasteiger partial charge is 0.482 e. The van der Waals surface area contributed by atoms with Crippen molar-refractivity contribution < 1.29 is 19.1 Å². The van der Waals surface area contributed by atoms with Crippen LogP contribution in [0.2, 0.25) is 0 Å². The first-order chi connectivity index (χ1) is 10.7. The van der Waals surface area contributed by atoms with Gasteiger partial charge in [0.25, 0.3) is 0 Å². The molecule has 2 rings (SSSR count). The van der Waals surface area contributed by atoms with E-state index in [1.165, 1.54) is 7.11 Å². The van der Waals surface area contributed by atoms with Gasteiger partial charge in [-0.1, -0.05) is 0 Å². The lowest BCUT2D eigenvalue weighted by atomic mass is 9.94. The van der Waals surface area contributed by atoms with E-state index in [0.717, 1.165) is 31.6 Å². The van der Waals surface area contributed by atoms with E-state index in [1.807, 2.05) is 0 Å². The van der Waals surface area contributed by atoms with E-state index in [0.29, 0.717) is 18.1 Å². The Labute approximate surface area is 142 Å². The monoisotopic (exact) mass is 342 g/mol. The maximum absolute atomic E-state index is 12.0. The molecule has 1 aromatic rings. The lowest BCUT2D eigenvalue weighted by Gasteiger charge is -2.21. The van der Waals surface area contributed by atoms with Gasteiger partial charge in [0.1, 0.15) is 5.75 Å². The summed E-state index contributed by atoms with van der Waals surface area (Å²) in [6, 6.07) is 6.94. The highest BCUT2D eigenvalue weighted by Crippen LogP contribution is 2.19. The van der Waals surface area contributed by atoms with Crippen LogP contribution in [0.1, 0.15) is 19.3 Å². The van der Waals surface area contributed by atoms with Crippen LogP contribution < -0.4 is 15.4 Å². The van der Waals surface area contributed by atoms with Crippen molar-refractivity contribution in [3.05, 3.63) is 24.3 Å². The highest BCUT2D eigenvalue weighted by atomic mass is 35.5. The number of esters is 1. The van der Waals surface area contributed by atoms with E-state index >= 15 is 0 Å². The third-order valence-corrected chi connectivity index (χ3v) is 3.66. The molecule has 0 aromatic heterocycles. The summed E-state index contributed by atoms with van der Waals surface area (Å²) in [5.41, 5.74) is 0.726. The van der Waals surface area contributed by atoms with Crippen LogP contribution >= 0.6 is 12.4 Å². The molecule has 1 saturated heterocycles. The minimum atomic E-state index is -0.431. The van der Waals surface area contributed by atoms with Crippen molar-refractivity contribution in [2.24, 2.45) is 5.92 Å². The van der Waals surface area contributed by atoms with Crippen molar-refractivity contribution in [2.75, 3.05) is 32.1 Å². The molecule has 128 valence electrons. The Morgan fingerprint density at radius 3 is 2.48 bits per heavy atom. The first kappa shape index (κ1) is 19.3. The van der Waals surface area contributed by atoms with Gasteiger partial charge < -0.3 is 20.1 Å². The zero-order chi connectivity index (χ0) is 15.8. The second kappa shape index (κ2) is 10.1. The highest BCUT2D eigenvalue weighted by Gasteiger charge is 2.16. The van der Waals surface area contributed by atoms with Crippen LogP contribution in [0.15, 0.2) is 24.3 Å². The predicted octanol–water partition coefficient (Wildman–Crippen LogP) is 1.99. The van der Waals surface area contributed by atoms with Crippen LogP contribution in [0, 0.1) is 5.92 Å². The number of anilines is 1. The number of carbonyl (C=O) groups excluding carboxylic acids is 2. The molecular formula is C16H23ClN2O4.